The van der Waals surface area contributed by atoms with E-state index in [0.29, 0.717) is 18.0 Å². The Labute approximate surface area is 111 Å². The van der Waals surface area contributed by atoms with Gasteiger partial charge in [0.1, 0.15) is 5.65 Å². The quantitative estimate of drug-likeness (QED) is 0.615. The van der Waals surface area contributed by atoms with Gasteiger partial charge in [-0.05, 0) is 25.0 Å². The average Bonchev–Trinajstić information content (AvgIpc) is 2.76. The summed E-state index contributed by atoms with van der Waals surface area (Å²) >= 11 is 0. The molecule has 0 aliphatic rings. The van der Waals surface area contributed by atoms with Gasteiger partial charge in [0.15, 0.2) is 11.5 Å². The fourth-order valence-electron chi connectivity index (χ4n) is 1.88. The summed E-state index contributed by atoms with van der Waals surface area (Å²) in [6.07, 6.45) is 9.40. The third kappa shape index (κ3) is 2.86. The number of hydrogen-bond acceptors (Lipinski definition) is 3. The lowest BCUT2D eigenvalue weighted by molar-refractivity contribution is 0.0690. The smallest absolute Gasteiger partial charge is 0.356 e. The Morgan fingerprint density at radius 1 is 1.47 bits per heavy atom. The van der Waals surface area contributed by atoms with E-state index in [4.69, 9.17) is 6.42 Å². The molecule has 98 valence electrons. The second-order valence-corrected chi connectivity index (χ2v) is 4.13. The summed E-state index contributed by atoms with van der Waals surface area (Å²) in [7, 11) is 0. The summed E-state index contributed by atoms with van der Waals surface area (Å²) in [6.45, 7) is 0.659. The first kappa shape index (κ1) is 13.0. The Balaban J connectivity index is 2.16. The minimum Gasteiger partial charge on any atom is -0.476 e. The number of aromatic nitrogens is 2. The van der Waals surface area contributed by atoms with Crippen molar-refractivity contribution in [2.24, 2.45) is 0 Å². The predicted octanol–water partition coefficient (Wildman–Crippen LogP) is 2.25. The van der Waals surface area contributed by atoms with Crippen molar-refractivity contribution in [1.29, 1.82) is 0 Å². The fraction of sp³-hybridized carbons (Fsp3) is 0.286. The average molecular weight is 257 g/mol. The van der Waals surface area contributed by atoms with Crippen LogP contribution in [0.4, 0.5) is 5.82 Å². The van der Waals surface area contributed by atoms with Gasteiger partial charge >= 0.3 is 5.97 Å². The number of pyridine rings is 1. The summed E-state index contributed by atoms with van der Waals surface area (Å²) < 4.78 is 1.56. The van der Waals surface area contributed by atoms with Gasteiger partial charge in [0, 0.05) is 19.2 Å². The van der Waals surface area contributed by atoms with Crippen LogP contribution in [0.15, 0.2) is 24.4 Å². The van der Waals surface area contributed by atoms with E-state index >= 15 is 0 Å². The standard InChI is InChI=1S/C14H15N3O2/c1-2-3-4-6-9-15-13-12(14(18)19)17-10-7-5-8-11(17)16-13/h1,5,7-8,10,15H,3-4,6,9H2,(H,18,19). The van der Waals surface area contributed by atoms with Gasteiger partial charge in [-0.3, -0.25) is 4.40 Å². The number of nitrogens with zero attached hydrogens (tertiary/aromatic N) is 2. The van der Waals surface area contributed by atoms with E-state index < -0.39 is 5.97 Å². The van der Waals surface area contributed by atoms with E-state index in [0.717, 1.165) is 19.3 Å². The number of hydrogen-bond donors (Lipinski definition) is 2. The maximum Gasteiger partial charge on any atom is 0.356 e. The lowest BCUT2D eigenvalue weighted by atomic mass is 10.2. The van der Waals surface area contributed by atoms with Crippen molar-refractivity contribution in [3.05, 3.63) is 30.1 Å². The zero-order valence-corrected chi connectivity index (χ0v) is 10.5. The molecule has 5 nitrogen and oxygen atoms in total. The van der Waals surface area contributed by atoms with Gasteiger partial charge in [0.05, 0.1) is 0 Å². The second-order valence-electron chi connectivity index (χ2n) is 4.13. The van der Waals surface area contributed by atoms with Crippen LogP contribution in [-0.4, -0.2) is 27.0 Å². The number of terminal acetylenes is 1. The van der Waals surface area contributed by atoms with Crippen LogP contribution in [0.2, 0.25) is 0 Å². The molecule has 0 radical (unpaired) electrons. The van der Waals surface area contributed by atoms with Gasteiger partial charge in [-0.15, -0.1) is 12.3 Å². The summed E-state index contributed by atoms with van der Waals surface area (Å²) in [4.78, 5) is 15.6. The number of carboxylic acids is 1. The molecule has 0 unspecified atom stereocenters. The number of anilines is 1. The molecule has 2 aromatic rings. The van der Waals surface area contributed by atoms with Crippen molar-refractivity contribution in [3.63, 3.8) is 0 Å². The lowest BCUT2D eigenvalue weighted by Crippen LogP contribution is -2.09. The van der Waals surface area contributed by atoms with Crippen LogP contribution in [0.1, 0.15) is 29.8 Å². The molecule has 2 heterocycles. The predicted molar refractivity (Wildman–Crippen MR) is 73.3 cm³/mol. The van der Waals surface area contributed by atoms with E-state index in [1.165, 1.54) is 0 Å². The molecular formula is C14H15N3O2. The molecule has 0 fully saturated rings. The van der Waals surface area contributed by atoms with Crippen LogP contribution in [0.3, 0.4) is 0 Å². The minimum atomic E-state index is -0.996. The first-order valence-electron chi connectivity index (χ1n) is 6.11. The van der Waals surface area contributed by atoms with Crippen molar-refractivity contribution in [3.8, 4) is 12.3 Å². The molecule has 0 amide bonds. The zero-order valence-electron chi connectivity index (χ0n) is 10.5. The van der Waals surface area contributed by atoms with Crippen molar-refractivity contribution in [2.45, 2.75) is 19.3 Å². The maximum atomic E-state index is 11.3. The van der Waals surface area contributed by atoms with Crippen LogP contribution in [0, 0.1) is 12.3 Å². The summed E-state index contributed by atoms with van der Waals surface area (Å²) in [5.41, 5.74) is 0.776. The number of aromatic carboxylic acids is 1. The van der Waals surface area contributed by atoms with E-state index in [-0.39, 0.29) is 5.69 Å². The third-order valence-corrected chi connectivity index (χ3v) is 2.77. The van der Waals surface area contributed by atoms with E-state index in [1.54, 1.807) is 22.7 Å². The number of carbonyl (C=O) groups is 1. The molecule has 0 bridgehead atoms. The molecule has 0 atom stereocenters. The summed E-state index contributed by atoms with van der Waals surface area (Å²) in [6, 6.07) is 5.37. The Kier molecular flexibility index (Phi) is 4.04. The SMILES string of the molecule is C#CCCCCNc1nc2ccccn2c1C(=O)O. The number of imidazole rings is 1. The van der Waals surface area contributed by atoms with Gasteiger partial charge in [-0.2, -0.15) is 0 Å². The molecule has 0 aliphatic carbocycles. The van der Waals surface area contributed by atoms with Crippen molar-refractivity contribution in [1.82, 2.24) is 9.38 Å². The highest BCUT2D eigenvalue weighted by Crippen LogP contribution is 2.17. The molecule has 2 N–H and O–H groups in total. The summed E-state index contributed by atoms with van der Waals surface area (Å²) in [5, 5.41) is 12.3. The van der Waals surface area contributed by atoms with Gasteiger partial charge in [0.25, 0.3) is 0 Å². The topological polar surface area (TPSA) is 66.6 Å². The number of nitrogens with one attached hydrogen (secondary N) is 1. The highest BCUT2D eigenvalue weighted by atomic mass is 16.4. The number of rotatable bonds is 6. The molecular weight excluding hydrogens is 242 g/mol. The Bertz CT molecular complexity index is 625. The second kappa shape index (κ2) is 5.91. The molecule has 5 heteroatoms. The molecule has 0 saturated heterocycles. The molecule has 0 saturated carbocycles. The largest absolute Gasteiger partial charge is 0.476 e. The van der Waals surface area contributed by atoms with Crippen LogP contribution < -0.4 is 5.32 Å². The first-order chi connectivity index (χ1) is 9.24. The molecule has 19 heavy (non-hydrogen) atoms. The molecule has 0 spiro atoms. The maximum absolute atomic E-state index is 11.3. The monoisotopic (exact) mass is 257 g/mol. The lowest BCUT2D eigenvalue weighted by Gasteiger charge is -2.03. The van der Waals surface area contributed by atoms with Gasteiger partial charge in [-0.25, -0.2) is 9.78 Å². The number of unbranched alkanes of at least 4 members (excludes halogenated alkanes) is 2. The number of carboxylic acid groups (broad SMARTS) is 1. The van der Waals surface area contributed by atoms with Crippen molar-refractivity contribution >= 4 is 17.4 Å². The molecule has 2 rings (SSSR count). The van der Waals surface area contributed by atoms with Crippen molar-refractivity contribution in [2.75, 3.05) is 11.9 Å². The Hall–Kier alpha value is -2.48. The van der Waals surface area contributed by atoms with Crippen LogP contribution in [0.25, 0.3) is 5.65 Å². The zero-order chi connectivity index (χ0) is 13.7. The van der Waals surface area contributed by atoms with Crippen molar-refractivity contribution < 1.29 is 9.90 Å². The van der Waals surface area contributed by atoms with Crippen LogP contribution >= 0.6 is 0 Å². The highest BCUT2D eigenvalue weighted by Gasteiger charge is 2.17. The molecule has 2 aromatic heterocycles. The van der Waals surface area contributed by atoms with E-state index in [2.05, 4.69) is 16.2 Å². The Morgan fingerprint density at radius 3 is 3.05 bits per heavy atom. The van der Waals surface area contributed by atoms with E-state index in [9.17, 15) is 9.90 Å². The highest BCUT2D eigenvalue weighted by molar-refractivity contribution is 5.92. The van der Waals surface area contributed by atoms with E-state index in [1.807, 2.05) is 6.07 Å². The van der Waals surface area contributed by atoms with Gasteiger partial charge in [0.2, 0.25) is 0 Å². The van der Waals surface area contributed by atoms with Crippen LogP contribution in [-0.2, 0) is 0 Å². The Morgan fingerprint density at radius 2 is 2.32 bits per heavy atom. The first-order valence-corrected chi connectivity index (χ1v) is 6.11. The molecule has 0 aromatic carbocycles. The van der Waals surface area contributed by atoms with Gasteiger partial charge in [-0.1, -0.05) is 6.07 Å². The van der Waals surface area contributed by atoms with Crippen LogP contribution in [0.5, 0.6) is 0 Å². The fourth-order valence-corrected chi connectivity index (χ4v) is 1.88. The summed E-state index contributed by atoms with van der Waals surface area (Å²) in [5.74, 6) is 1.98. The normalized spacial score (nSPS) is 10.3. The third-order valence-electron chi connectivity index (χ3n) is 2.77. The number of fused-ring (bicyclic) bond motifs is 1. The molecule has 0 aliphatic heterocycles. The van der Waals surface area contributed by atoms with Gasteiger partial charge < -0.3 is 10.4 Å². The minimum absolute atomic E-state index is 0.160.